The summed E-state index contributed by atoms with van der Waals surface area (Å²) in [4.78, 5) is 4.23. The van der Waals surface area contributed by atoms with Gasteiger partial charge in [-0.1, -0.05) is 17.7 Å². The molecule has 0 saturated carbocycles. The van der Waals surface area contributed by atoms with Gasteiger partial charge in [-0.2, -0.15) is 5.10 Å². The third-order valence-electron chi connectivity index (χ3n) is 3.85. The number of nitrogens with one attached hydrogen (secondary N) is 2. The van der Waals surface area contributed by atoms with E-state index in [1.54, 1.807) is 7.05 Å². The van der Waals surface area contributed by atoms with Gasteiger partial charge in [-0.05, 0) is 45.4 Å². The van der Waals surface area contributed by atoms with E-state index in [0.717, 1.165) is 36.9 Å². The van der Waals surface area contributed by atoms with E-state index >= 15 is 0 Å². The third-order valence-corrected chi connectivity index (χ3v) is 3.85. The van der Waals surface area contributed by atoms with Gasteiger partial charge in [-0.3, -0.25) is 9.67 Å². The summed E-state index contributed by atoms with van der Waals surface area (Å²) in [6, 6.07) is 10.2. The second-order valence-electron chi connectivity index (χ2n) is 6.09. The highest BCUT2D eigenvalue weighted by molar-refractivity contribution is 5.79. The first-order valence-corrected chi connectivity index (χ1v) is 8.73. The number of nitrogens with zero attached hydrogens (tertiary/aromatic N) is 3. The highest BCUT2D eigenvalue weighted by Crippen LogP contribution is 2.10. The fourth-order valence-electron chi connectivity index (χ4n) is 2.53. The first-order chi connectivity index (χ1) is 12.1. The number of rotatable bonds is 8. The minimum atomic E-state index is 0.593. The Balaban J connectivity index is 1.60. The van der Waals surface area contributed by atoms with E-state index in [1.807, 2.05) is 35.9 Å². The number of aromatic nitrogens is 2. The zero-order valence-electron chi connectivity index (χ0n) is 15.7. The topological polar surface area (TPSA) is 63.5 Å². The van der Waals surface area contributed by atoms with Gasteiger partial charge in [0.1, 0.15) is 12.4 Å². The highest BCUT2D eigenvalue weighted by Gasteiger charge is 2.01. The van der Waals surface area contributed by atoms with Crippen LogP contribution in [0.2, 0.25) is 0 Å². The van der Waals surface area contributed by atoms with E-state index in [-0.39, 0.29) is 0 Å². The Hall–Kier alpha value is -2.50. The molecule has 0 aliphatic heterocycles. The molecule has 0 aliphatic rings. The molecular formula is C19H29N5O. The molecule has 2 N–H and O–H groups in total. The quantitative estimate of drug-likeness (QED) is 0.439. The van der Waals surface area contributed by atoms with Crippen molar-refractivity contribution in [3.63, 3.8) is 0 Å². The highest BCUT2D eigenvalue weighted by atomic mass is 16.5. The van der Waals surface area contributed by atoms with Gasteiger partial charge in [-0.15, -0.1) is 0 Å². The second-order valence-corrected chi connectivity index (χ2v) is 6.09. The average molecular weight is 343 g/mol. The molecule has 1 aromatic heterocycles. The summed E-state index contributed by atoms with van der Waals surface area (Å²) in [5.74, 6) is 1.68. The van der Waals surface area contributed by atoms with E-state index in [9.17, 15) is 0 Å². The van der Waals surface area contributed by atoms with Gasteiger partial charge in [0.25, 0.3) is 0 Å². The van der Waals surface area contributed by atoms with E-state index in [0.29, 0.717) is 13.2 Å². The SMILES string of the molecule is CN=C(NCCCn1nc(C)cc1C)NCCOc1ccc(C)cc1. The van der Waals surface area contributed by atoms with Crippen molar-refractivity contribution in [1.82, 2.24) is 20.4 Å². The molecule has 0 fully saturated rings. The molecule has 136 valence electrons. The smallest absolute Gasteiger partial charge is 0.191 e. The summed E-state index contributed by atoms with van der Waals surface area (Å²) >= 11 is 0. The van der Waals surface area contributed by atoms with E-state index in [2.05, 4.69) is 40.6 Å². The van der Waals surface area contributed by atoms with Crippen molar-refractivity contribution >= 4 is 5.96 Å². The van der Waals surface area contributed by atoms with Crippen LogP contribution in [0, 0.1) is 20.8 Å². The summed E-state index contributed by atoms with van der Waals surface area (Å²) in [6.45, 7) is 9.21. The van der Waals surface area contributed by atoms with Crippen LogP contribution in [0.5, 0.6) is 5.75 Å². The molecule has 2 aromatic rings. The van der Waals surface area contributed by atoms with Crippen LogP contribution in [-0.2, 0) is 6.54 Å². The fraction of sp³-hybridized carbons (Fsp3) is 0.474. The van der Waals surface area contributed by atoms with Crippen LogP contribution < -0.4 is 15.4 Å². The minimum Gasteiger partial charge on any atom is -0.492 e. The van der Waals surface area contributed by atoms with Gasteiger partial charge in [0.05, 0.1) is 12.2 Å². The summed E-state index contributed by atoms with van der Waals surface area (Å²) < 4.78 is 7.74. The number of ether oxygens (including phenoxy) is 1. The molecule has 0 radical (unpaired) electrons. The van der Waals surface area contributed by atoms with Crippen LogP contribution in [0.25, 0.3) is 0 Å². The average Bonchev–Trinajstić information content (AvgIpc) is 2.92. The summed E-state index contributed by atoms with van der Waals surface area (Å²) in [7, 11) is 1.77. The standard InChI is InChI=1S/C19H29N5O/c1-15-6-8-18(9-7-15)25-13-11-22-19(20-4)21-10-5-12-24-17(3)14-16(2)23-24/h6-9,14H,5,10-13H2,1-4H3,(H2,20,21,22). The van der Waals surface area contributed by atoms with Gasteiger partial charge in [0.15, 0.2) is 5.96 Å². The summed E-state index contributed by atoms with van der Waals surface area (Å²) in [5.41, 5.74) is 3.50. The fourth-order valence-corrected chi connectivity index (χ4v) is 2.53. The number of aliphatic imine (C=N–C) groups is 1. The summed E-state index contributed by atoms with van der Waals surface area (Å²) in [5, 5.41) is 11.0. The first-order valence-electron chi connectivity index (χ1n) is 8.73. The maximum atomic E-state index is 5.70. The Morgan fingerprint density at radius 1 is 1.12 bits per heavy atom. The van der Waals surface area contributed by atoms with Crippen LogP contribution >= 0.6 is 0 Å². The first kappa shape index (κ1) is 18.8. The zero-order valence-corrected chi connectivity index (χ0v) is 15.7. The lowest BCUT2D eigenvalue weighted by Crippen LogP contribution is -2.39. The van der Waals surface area contributed by atoms with Crippen molar-refractivity contribution in [3.05, 3.63) is 47.3 Å². The number of hydrogen-bond donors (Lipinski definition) is 2. The predicted molar refractivity (Wildman–Crippen MR) is 102 cm³/mol. The predicted octanol–water partition coefficient (Wildman–Crippen LogP) is 2.44. The largest absolute Gasteiger partial charge is 0.492 e. The molecule has 0 unspecified atom stereocenters. The molecule has 1 heterocycles. The molecule has 0 spiro atoms. The molecule has 0 aliphatic carbocycles. The molecule has 0 atom stereocenters. The Bertz CT molecular complexity index is 676. The number of benzene rings is 1. The Morgan fingerprint density at radius 2 is 1.84 bits per heavy atom. The van der Waals surface area contributed by atoms with Crippen molar-refractivity contribution < 1.29 is 4.74 Å². The van der Waals surface area contributed by atoms with Crippen LogP contribution in [-0.4, -0.2) is 42.5 Å². The van der Waals surface area contributed by atoms with E-state index in [1.165, 1.54) is 11.3 Å². The number of aryl methyl sites for hydroxylation is 4. The van der Waals surface area contributed by atoms with Gasteiger partial charge in [0.2, 0.25) is 0 Å². The lowest BCUT2D eigenvalue weighted by Gasteiger charge is -2.13. The maximum Gasteiger partial charge on any atom is 0.191 e. The van der Waals surface area contributed by atoms with Crippen molar-refractivity contribution in [1.29, 1.82) is 0 Å². The Kier molecular flexibility index (Phi) is 7.32. The van der Waals surface area contributed by atoms with Gasteiger partial charge in [-0.25, -0.2) is 0 Å². The molecule has 25 heavy (non-hydrogen) atoms. The third kappa shape index (κ3) is 6.49. The molecule has 0 amide bonds. The van der Waals surface area contributed by atoms with Crippen molar-refractivity contribution in [2.24, 2.45) is 4.99 Å². The zero-order chi connectivity index (χ0) is 18.1. The van der Waals surface area contributed by atoms with Crippen LogP contribution in [0.4, 0.5) is 0 Å². The van der Waals surface area contributed by atoms with E-state index < -0.39 is 0 Å². The van der Waals surface area contributed by atoms with Gasteiger partial charge in [0, 0.05) is 25.8 Å². The molecule has 6 nitrogen and oxygen atoms in total. The van der Waals surface area contributed by atoms with E-state index in [4.69, 9.17) is 4.74 Å². The van der Waals surface area contributed by atoms with Crippen LogP contribution in [0.1, 0.15) is 23.4 Å². The lowest BCUT2D eigenvalue weighted by atomic mass is 10.2. The molecule has 2 rings (SSSR count). The van der Waals surface area contributed by atoms with Crippen molar-refractivity contribution in [2.75, 3.05) is 26.7 Å². The Labute approximate surface area is 150 Å². The number of guanidine groups is 1. The van der Waals surface area contributed by atoms with Crippen molar-refractivity contribution in [2.45, 2.75) is 33.7 Å². The monoisotopic (exact) mass is 343 g/mol. The minimum absolute atomic E-state index is 0.593. The molecular weight excluding hydrogens is 314 g/mol. The second kappa shape index (κ2) is 9.71. The maximum absolute atomic E-state index is 5.70. The summed E-state index contributed by atoms with van der Waals surface area (Å²) in [6.07, 6.45) is 0.989. The molecule has 1 aromatic carbocycles. The molecule has 6 heteroatoms. The van der Waals surface area contributed by atoms with Crippen LogP contribution in [0.15, 0.2) is 35.3 Å². The Morgan fingerprint density at radius 3 is 2.48 bits per heavy atom. The number of hydrogen-bond acceptors (Lipinski definition) is 3. The molecule has 0 bridgehead atoms. The van der Waals surface area contributed by atoms with Crippen LogP contribution in [0.3, 0.4) is 0 Å². The van der Waals surface area contributed by atoms with Crippen molar-refractivity contribution in [3.8, 4) is 5.75 Å². The van der Waals surface area contributed by atoms with Gasteiger partial charge >= 0.3 is 0 Å². The van der Waals surface area contributed by atoms with Gasteiger partial charge < -0.3 is 15.4 Å². The lowest BCUT2D eigenvalue weighted by molar-refractivity contribution is 0.322. The molecule has 0 saturated heterocycles. The normalized spacial score (nSPS) is 11.4.